The van der Waals surface area contributed by atoms with Gasteiger partial charge in [0.2, 0.25) is 5.91 Å². The molecule has 0 rings (SSSR count). The molecule has 1 atom stereocenters. The largest absolute Gasteiger partial charge is 0.393 e. The van der Waals surface area contributed by atoms with Crippen molar-refractivity contribution < 1.29 is 9.90 Å². The van der Waals surface area contributed by atoms with Gasteiger partial charge in [0.15, 0.2) is 0 Å². The number of hydrazine groups is 1. The quantitative estimate of drug-likeness (QED) is 0.229. The zero-order valence-electron chi connectivity index (χ0n) is 9.70. The molecule has 0 aliphatic heterocycles. The molecule has 0 aliphatic carbocycles. The van der Waals surface area contributed by atoms with Crippen LogP contribution in [-0.2, 0) is 4.79 Å². The van der Waals surface area contributed by atoms with E-state index in [1.54, 1.807) is 6.92 Å². The van der Waals surface area contributed by atoms with Gasteiger partial charge in [0, 0.05) is 13.0 Å². The summed E-state index contributed by atoms with van der Waals surface area (Å²) in [5.41, 5.74) is 2.11. The minimum atomic E-state index is -0.240. The number of aliphatic hydroxyl groups is 1. The van der Waals surface area contributed by atoms with Gasteiger partial charge in [-0.25, -0.2) is 5.84 Å². The Morgan fingerprint density at radius 2 is 2.13 bits per heavy atom. The van der Waals surface area contributed by atoms with Crippen LogP contribution in [-0.4, -0.2) is 42.2 Å². The van der Waals surface area contributed by atoms with E-state index in [4.69, 9.17) is 10.9 Å². The van der Waals surface area contributed by atoms with Gasteiger partial charge in [-0.2, -0.15) is 0 Å². The molecule has 0 aromatic heterocycles. The number of nitrogens with zero attached hydrogens (tertiary/aromatic N) is 1. The van der Waals surface area contributed by atoms with Crippen molar-refractivity contribution in [3.05, 3.63) is 0 Å². The van der Waals surface area contributed by atoms with E-state index in [2.05, 4.69) is 10.3 Å². The fourth-order valence-corrected chi connectivity index (χ4v) is 1.26. The van der Waals surface area contributed by atoms with Crippen molar-refractivity contribution in [1.29, 1.82) is 0 Å². The molecule has 0 aromatic carbocycles. The number of nitrogens with one attached hydrogen (secondary N) is 1. The molecule has 0 heterocycles. The summed E-state index contributed by atoms with van der Waals surface area (Å²) in [4.78, 5) is 12.9. The molecule has 90 valence electrons. The Morgan fingerprint density at radius 1 is 1.47 bits per heavy atom. The van der Waals surface area contributed by atoms with Crippen molar-refractivity contribution in [2.24, 2.45) is 5.84 Å². The second-order valence-corrected chi connectivity index (χ2v) is 3.97. The molecular formula is C10H23N3O2. The van der Waals surface area contributed by atoms with Crippen LogP contribution in [0.3, 0.4) is 0 Å². The van der Waals surface area contributed by atoms with Crippen molar-refractivity contribution >= 4 is 5.91 Å². The lowest BCUT2D eigenvalue weighted by molar-refractivity contribution is -0.121. The normalized spacial score (nSPS) is 12.9. The van der Waals surface area contributed by atoms with Crippen LogP contribution in [0, 0.1) is 0 Å². The Balaban J connectivity index is 3.31. The summed E-state index contributed by atoms with van der Waals surface area (Å²) in [7, 11) is 2.02. The molecule has 4 N–H and O–H groups in total. The zero-order valence-corrected chi connectivity index (χ0v) is 9.70. The third kappa shape index (κ3) is 9.65. The van der Waals surface area contributed by atoms with E-state index >= 15 is 0 Å². The standard InChI is InChI=1S/C10H23N3O2/c1-9(14)6-8-13(2)7-4-3-5-10(15)12-11/h9,14H,3-8,11H2,1-2H3,(H,12,15). The Kier molecular flexibility index (Phi) is 8.27. The lowest BCUT2D eigenvalue weighted by Gasteiger charge is -2.17. The molecule has 0 aromatic rings. The van der Waals surface area contributed by atoms with Crippen LogP contribution in [0.25, 0.3) is 0 Å². The van der Waals surface area contributed by atoms with Crippen LogP contribution >= 0.6 is 0 Å². The molecule has 15 heavy (non-hydrogen) atoms. The van der Waals surface area contributed by atoms with E-state index < -0.39 is 0 Å². The highest BCUT2D eigenvalue weighted by molar-refractivity contribution is 5.74. The van der Waals surface area contributed by atoms with Gasteiger partial charge in [-0.05, 0) is 39.8 Å². The predicted molar refractivity (Wildman–Crippen MR) is 60.0 cm³/mol. The smallest absolute Gasteiger partial charge is 0.233 e. The molecule has 0 bridgehead atoms. The molecule has 1 unspecified atom stereocenters. The van der Waals surface area contributed by atoms with E-state index in [1.807, 2.05) is 7.05 Å². The molecule has 0 aliphatic rings. The summed E-state index contributed by atoms with van der Waals surface area (Å²) in [5, 5.41) is 9.08. The predicted octanol–water partition coefficient (Wildman–Crippen LogP) is -0.151. The number of carbonyl (C=O) groups is 1. The second kappa shape index (κ2) is 8.64. The minimum Gasteiger partial charge on any atom is -0.393 e. The van der Waals surface area contributed by atoms with Crippen molar-refractivity contribution in [1.82, 2.24) is 10.3 Å². The molecule has 0 saturated heterocycles. The summed E-state index contributed by atoms with van der Waals surface area (Å²) in [6, 6.07) is 0. The van der Waals surface area contributed by atoms with Crippen LogP contribution in [0.1, 0.15) is 32.6 Å². The Hall–Kier alpha value is -0.650. The lowest BCUT2D eigenvalue weighted by atomic mass is 10.2. The molecule has 5 nitrogen and oxygen atoms in total. The first kappa shape index (κ1) is 14.3. The van der Waals surface area contributed by atoms with Gasteiger partial charge in [0.05, 0.1) is 6.10 Å². The number of carbonyl (C=O) groups excluding carboxylic acids is 1. The SMILES string of the molecule is CC(O)CCN(C)CCCCC(=O)NN. The van der Waals surface area contributed by atoms with Crippen molar-refractivity contribution in [3.8, 4) is 0 Å². The molecule has 0 spiro atoms. The molecule has 0 saturated carbocycles. The fourth-order valence-electron chi connectivity index (χ4n) is 1.26. The number of rotatable bonds is 8. The van der Waals surface area contributed by atoms with Gasteiger partial charge < -0.3 is 10.0 Å². The summed E-state index contributed by atoms with van der Waals surface area (Å²) >= 11 is 0. The van der Waals surface area contributed by atoms with E-state index in [0.717, 1.165) is 32.4 Å². The maximum atomic E-state index is 10.8. The van der Waals surface area contributed by atoms with E-state index in [0.29, 0.717) is 6.42 Å². The molecule has 1 amide bonds. The van der Waals surface area contributed by atoms with Crippen molar-refractivity contribution in [2.75, 3.05) is 20.1 Å². The first-order chi connectivity index (χ1) is 7.06. The summed E-state index contributed by atoms with van der Waals surface area (Å²) in [5.74, 6) is 4.85. The van der Waals surface area contributed by atoms with Gasteiger partial charge in [-0.1, -0.05) is 0 Å². The van der Waals surface area contributed by atoms with Crippen LogP contribution in [0.15, 0.2) is 0 Å². The van der Waals surface area contributed by atoms with Crippen LogP contribution in [0.2, 0.25) is 0 Å². The topological polar surface area (TPSA) is 78.6 Å². The van der Waals surface area contributed by atoms with Gasteiger partial charge in [-0.15, -0.1) is 0 Å². The van der Waals surface area contributed by atoms with Gasteiger partial charge in [-0.3, -0.25) is 10.2 Å². The molecule has 0 fully saturated rings. The molecule has 0 radical (unpaired) electrons. The lowest BCUT2D eigenvalue weighted by Crippen LogP contribution is -2.30. The number of unbranched alkanes of at least 4 members (excludes halogenated alkanes) is 1. The third-order valence-electron chi connectivity index (χ3n) is 2.28. The van der Waals surface area contributed by atoms with Crippen LogP contribution in [0.4, 0.5) is 0 Å². The Morgan fingerprint density at radius 3 is 2.67 bits per heavy atom. The first-order valence-corrected chi connectivity index (χ1v) is 5.42. The summed E-state index contributed by atoms with van der Waals surface area (Å²) < 4.78 is 0. The highest BCUT2D eigenvalue weighted by atomic mass is 16.3. The average Bonchev–Trinajstić information content (AvgIpc) is 2.21. The zero-order chi connectivity index (χ0) is 11.7. The number of nitrogens with two attached hydrogens (primary N) is 1. The monoisotopic (exact) mass is 217 g/mol. The number of hydrogen-bond acceptors (Lipinski definition) is 4. The number of aliphatic hydroxyl groups excluding tert-OH is 1. The Labute approximate surface area is 91.6 Å². The second-order valence-electron chi connectivity index (χ2n) is 3.97. The highest BCUT2D eigenvalue weighted by Crippen LogP contribution is 1.99. The van der Waals surface area contributed by atoms with Crippen LogP contribution in [0.5, 0.6) is 0 Å². The number of hydrogen-bond donors (Lipinski definition) is 3. The molecular weight excluding hydrogens is 194 g/mol. The minimum absolute atomic E-state index is 0.110. The van der Waals surface area contributed by atoms with E-state index in [-0.39, 0.29) is 12.0 Å². The fraction of sp³-hybridized carbons (Fsp3) is 0.900. The van der Waals surface area contributed by atoms with Gasteiger partial charge in [0.1, 0.15) is 0 Å². The highest BCUT2D eigenvalue weighted by Gasteiger charge is 2.02. The maximum absolute atomic E-state index is 10.8. The maximum Gasteiger partial charge on any atom is 0.233 e. The van der Waals surface area contributed by atoms with E-state index in [1.165, 1.54) is 0 Å². The number of amides is 1. The first-order valence-electron chi connectivity index (χ1n) is 5.42. The van der Waals surface area contributed by atoms with Gasteiger partial charge in [0.25, 0.3) is 0 Å². The van der Waals surface area contributed by atoms with E-state index in [9.17, 15) is 4.79 Å². The third-order valence-corrected chi connectivity index (χ3v) is 2.28. The van der Waals surface area contributed by atoms with Crippen molar-refractivity contribution in [2.45, 2.75) is 38.7 Å². The summed E-state index contributed by atoms with van der Waals surface area (Å²) in [6.45, 7) is 3.63. The van der Waals surface area contributed by atoms with Crippen LogP contribution < -0.4 is 11.3 Å². The van der Waals surface area contributed by atoms with Crippen molar-refractivity contribution in [3.63, 3.8) is 0 Å². The summed E-state index contributed by atoms with van der Waals surface area (Å²) in [6.07, 6.45) is 2.86. The average molecular weight is 217 g/mol. The molecule has 5 heteroatoms. The van der Waals surface area contributed by atoms with Gasteiger partial charge >= 0.3 is 0 Å². The Bertz CT molecular complexity index is 174.